The maximum absolute atomic E-state index is 12.5. The first kappa shape index (κ1) is 15.3. The van der Waals surface area contributed by atoms with Crippen molar-refractivity contribution in [3.05, 3.63) is 0 Å². The topological polar surface area (TPSA) is 49.4 Å². The van der Waals surface area contributed by atoms with Gasteiger partial charge in [0.05, 0.1) is 5.92 Å². The van der Waals surface area contributed by atoms with Gasteiger partial charge in [-0.15, -0.1) is 0 Å². The molecule has 0 saturated carbocycles. The van der Waals surface area contributed by atoms with Crippen molar-refractivity contribution in [1.29, 1.82) is 0 Å². The van der Waals surface area contributed by atoms with E-state index in [1.165, 1.54) is 6.42 Å². The van der Waals surface area contributed by atoms with Gasteiger partial charge in [-0.3, -0.25) is 9.59 Å². The number of likely N-dealkylation sites (tertiary alicyclic amines) is 1. The highest BCUT2D eigenvalue weighted by atomic mass is 16.2. The van der Waals surface area contributed by atoms with Crippen LogP contribution in [0.3, 0.4) is 0 Å². The Kier molecular flexibility index (Phi) is 4.71. The Bertz CT molecular complexity index is 361. The summed E-state index contributed by atoms with van der Waals surface area (Å²) >= 11 is 0. The lowest BCUT2D eigenvalue weighted by molar-refractivity contribution is -0.139. The molecule has 2 aliphatic rings. The van der Waals surface area contributed by atoms with Crippen LogP contribution >= 0.6 is 0 Å². The van der Waals surface area contributed by atoms with Crippen LogP contribution in [0.15, 0.2) is 0 Å². The second-order valence-corrected chi connectivity index (χ2v) is 7.27. The number of carbonyl (C=O) groups excluding carboxylic acids is 2. The molecule has 2 saturated heterocycles. The van der Waals surface area contributed by atoms with E-state index >= 15 is 0 Å². The zero-order chi connectivity index (χ0) is 14.8. The van der Waals surface area contributed by atoms with Gasteiger partial charge in [0.25, 0.3) is 0 Å². The third-order valence-corrected chi connectivity index (χ3v) is 4.80. The van der Waals surface area contributed by atoms with E-state index in [4.69, 9.17) is 0 Å². The summed E-state index contributed by atoms with van der Waals surface area (Å²) in [5, 5.41) is 2.81. The van der Waals surface area contributed by atoms with E-state index in [1.807, 2.05) is 4.90 Å². The smallest absolute Gasteiger partial charge is 0.227 e. The van der Waals surface area contributed by atoms with Crippen molar-refractivity contribution in [3.8, 4) is 0 Å². The summed E-state index contributed by atoms with van der Waals surface area (Å²) in [5.74, 6) is 1.05. The zero-order valence-electron chi connectivity index (χ0n) is 13.1. The molecule has 0 aliphatic carbocycles. The second-order valence-electron chi connectivity index (χ2n) is 7.27. The van der Waals surface area contributed by atoms with E-state index < -0.39 is 0 Å². The largest absolute Gasteiger partial charge is 0.355 e. The van der Waals surface area contributed by atoms with Gasteiger partial charge >= 0.3 is 0 Å². The van der Waals surface area contributed by atoms with E-state index in [0.717, 1.165) is 31.8 Å². The van der Waals surface area contributed by atoms with Gasteiger partial charge in [-0.05, 0) is 37.0 Å². The number of hydrogen-bond donors (Lipinski definition) is 1. The fourth-order valence-electron chi connectivity index (χ4n) is 3.66. The number of amides is 2. The van der Waals surface area contributed by atoms with Gasteiger partial charge in [-0.2, -0.15) is 0 Å². The molecular weight excluding hydrogens is 252 g/mol. The van der Waals surface area contributed by atoms with E-state index in [9.17, 15) is 9.59 Å². The van der Waals surface area contributed by atoms with Crippen LogP contribution in [0.1, 0.15) is 52.9 Å². The number of piperidine rings is 2. The number of carbonyl (C=O) groups is 2. The highest BCUT2D eigenvalue weighted by molar-refractivity contribution is 5.83. The van der Waals surface area contributed by atoms with Crippen LogP contribution in [0.25, 0.3) is 0 Å². The van der Waals surface area contributed by atoms with Gasteiger partial charge in [-0.25, -0.2) is 0 Å². The SMILES string of the molecule is CC(C)CC1(C)CCN(C(=O)C2CCC(=O)NC2)CC1. The van der Waals surface area contributed by atoms with Gasteiger partial charge in [-0.1, -0.05) is 20.8 Å². The molecule has 1 N–H and O–H groups in total. The molecule has 2 fully saturated rings. The minimum absolute atomic E-state index is 0.00200. The molecule has 0 aromatic carbocycles. The number of nitrogens with one attached hydrogen (secondary N) is 1. The summed E-state index contributed by atoms with van der Waals surface area (Å²) in [4.78, 5) is 25.6. The van der Waals surface area contributed by atoms with Gasteiger partial charge in [0.1, 0.15) is 0 Å². The van der Waals surface area contributed by atoms with Crippen LogP contribution in [0.2, 0.25) is 0 Å². The molecule has 4 heteroatoms. The monoisotopic (exact) mass is 280 g/mol. The highest BCUT2D eigenvalue weighted by Gasteiger charge is 2.35. The standard InChI is InChI=1S/C16H28N2O2/c1-12(2)10-16(3)6-8-18(9-7-16)15(20)13-4-5-14(19)17-11-13/h12-13H,4-11H2,1-3H3,(H,17,19). The Morgan fingerprint density at radius 2 is 2.05 bits per heavy atom. The lowest BCUT2D eigenvalue weighted by Gasteiger charge is -2.41. The molecule has 2 rings (SSSR count). The summed E-state index contributed by atoms with van der Waals surface area (Å²) in [7, 11) is 0. The Labute approximate surface area is 122 Å². The molecule has 2 heterocycles. The molecule has 0 radical (unpaired) electrons. The molecule has 0 spiro atoms. The Hall–Kier alpha value is -1.06. The molecule has 0 bridgehead atoms. The molecule has 0 aromatic heterocycles. The fraction of sp³-hybridized carbons (Fsp3) is 0.875. The van der Waals surface area contributed by atoms with Gasteiger partial charge in [0.15, 0.2) is 0 Å². The maximum atomic E-state index is 12.5. The third-order valence-electron chi connectivity index (χ3n) is 4.80. The van der Waals surface area contributed by atoms with Crippen LogP contribution in [0, 0.1) is 17.3 Å². The second kappa shape index (κ2) is 6.15. The highest BCUT2D eigenvalue weighted by Crippen LogP contribution is 2.37. The molecule has 4 nitrogen and oxygen atoms in total. The summed E-state index contributed by atoms with van der Waals surface area (Å²) in [6, 6.07) is 0. The van der Waals surface area contributed by atoms with Crippen LogP contribution in [0.4, 0.5) is 0 Å². The van der Waals surface area contributed by atoms with E-state index in [2.05, 4.69) is 26.1 Å². The fourth-order valence-corrected chi connectivity index (χ4v) is 3.66. The predicted molar refractivity (Wildman–Crippen MR) is 79.1 cm³/mol. The molecule has 1 unspecified atom stereocenters. The minimum atomic E-state index is 0.00200. The van der Waals surface area contributed by atoms with Gasteiger partial charge in [0.2, 0.25) is 11.8 Å². The molecule has 1 atom stereocenters. The van der Waals surface area contributed by atoms with Crippen LogP contribution in [0.5, 0.6) is 0 Å². The van der Waals surface area contributed by atoms with E-state index in [0.29, 0.717) is 24.8 Å². The molecule has 0 aromatic rings. The Morgan fingerprint density at radius 3 is 2.55 bits per heavy atom. The van der Waals surface area contributed by atoms with Crippen molar-refractivity contribution in [2.45, 2.75) is 52.9 Å². The first-order chi connectivity index (χ1) is 9.39. The third kappa shape index (κ3) is 3.74. The lowest BCUT2D eigenvalue weighted by Crippen LogP contribution is -2.48. The van der Waals surface area contributed by atoms with Crippen molar-refractivity contribution >= 4 is 11.8 Å². The minimum Gasteiger partial charge on any atom is -0.355 e. The number of hydrogen-bond acceptors (Lipinski definition) is 2. The van der Waals surface area contributed by atoms with Crippen molar-refractivity contribution < 1.29 is 9.59 Å². The molecule has 2 amide bonds. The number of rotatable bonds is 3. The van der Waals surface area contributed by atoms with Crippen LogP contribution in [-0.4, -0.2) is 36.3 Å². The Balaban J connectivity index is 1.84. The number of nitrogens with zero attached hydrogens (tertiary/aromatic N) is 1. The van der Waals surface area contributed by atoms with E-state index in [-0.39, 0.29) is 17.7 Å². The van der Waals surface area contributed by atoms with E-state index in [1.54, 1.807) is 0 Å². The zero-order valence-corrected chi connectivity index (χ0v) is 13.1. The first-order valence-electron chi connectivity index (χ1n) is 7.95. The summed E-state index contributed by atoms with van der Waals surface area (Å²) < 4.78 is 0. The molecule has 114 valence electrons. The molecular formula is C16H28N2O2. The normalized spacial score (nSPS) is 26.5. The van der Waals surface area contributed by atoms with Crippen LogP contribution in [-0.2, 0) is 9.59 Å². The van der Waals surface area contributed by atoms with Crippen molar-refractivity contribution in [1.82, 2.24) is 10.2 Å². The quantitative estimate of drug-likeness (QED) is 0.861. The predicted octanol–water partition coefficient (Wildman–Crippen LogP) is 2.19. The van der Waals surface area contributed by atoms with Crippen LogP contribution < -0.4 is 5.32 Å². The average molecular weight is 280 g/mol. The molecule has 20 heavy (non-hydrogen) atoms. The van der Waals surface area contributed by atoms with Gasteiger partial charge in [0, 0.05) is 26.1 Å². The summed E-state index contributed by atoms with van der Waals surface area (Å²) in [5.41, 5.74) is 0.395. The molecule has 2 aliphatic heterocycles. The first-order valence-corrected chi connectivity index (χ1v) is 7.95. The van der Waals surface area contributed by atoms with Crippen molar-refractivity contribution in [2.24, 2.45) is 17.3 Å². The van der Waals surface area contributed by atoms with Crippen molar-refractivity contribution in [2.75, 3.05) is 19.6 Å². The summed E-state index contributed by atoms with van der Waals surface area (Å²) in [6.07, 6.45) is 4.67. The summed E-state index contributed by atoms with van der Waals surface area (Å²) in [6.45, 7) is 9.19. The Morgan fingerprint density at radius 1 is 1.40 bits per heavy atom. The lowest BCUT2D eigenvalue weighted by atomic mass is 9.74. The maximum Gasteiger partial charge on any atom is 0.227 e. The van der Waals surface area contributed by atoms with Crippen molar-refractivity contribution in [3.63, 3.8) is 0 Å². The van der Waals surface area contributed by atoms with Gasteiger partial charge < -0.3 is 10.2 Å². The average Bonchev–Trinajstić information content (AvgIpc) is 2.38.